The van der Waals surface area contributed by atoms with Gasteiger partial charge in [0.2, 0.25) is 0 Å². The van der Waals surface area contributed by atoms with Crippen LogP contribution in [0.1, 0.15) is 51.2 Å². The van der Waals surface area contributed by atoms with Gasteiger partial charge in [-0.05, 0) is 48.6 Å². The van der Waals surface area contributed by atoms with E-state index in [0.717, 1.165) is 43.6 Å². The minimum atomic E-state index is 0.989. The fraction of sp³-hybridized carbons (Fsp3) is 0.500. The number of nitrogens with one attached hydrogen (secondary N) is 1. The van der Waals surface area contributed by atoms with Gasteiger partial charge in [-0.15, -0.1) is 0 Å². The van der Waals surface area contributed by atoms with Gasteiger partial charge in [0.05, 0.1) is 5.52 Å². The topological polar surface area (TPSA) is 24.9 Å². The third-order valence-electron chi connectivity index (χ3n) is 3.56. The fourth-order valence-electron chi connectivity index (χ4n) is 2.57. The molecule has 0 unspecified atom stereocenters. The van der Waals surface area contributed by atoms with Crippen molar-refractivity contribution < 1.29 is 0 Å². The Labute approximate surface area is 122 Å². The summed E-state index contributed by atoms with van der Waals surface area (Å²) in [6, 6.07) is 8.99. The molecule has 2 nitrogen and oxygen atoms in total. The Hall–Kier alpha value is -1.57. The van der Waals surface area contributed by atoms with Gasteiger partial charge in [-0.2, -0.15) is 0 Å². The minimum absolute atomic E-state index is 0.989. The molecule has 1 aromatic carbocycles. The van der Waals surface area contributed by atoms with Gasteiger partial charge in [-0.25, -0.2) is 4.98 Å². The molecule has 0 spiro atoms. The number of fused-ring (bicyclic) bond motifs is 1. The lowest BCUT2D eigenvalue weighted by molar-refractivity contribution is 0.905. The number of aromatic nitrogens is 1. The quantitative estimate of drug-likeness (QED) is 0.769. The van der Waals surface area contributed by atoms with Crippen molar-refractivity contribution in [1.82, 2.24) is 4.98 Å². The third kappa shape index (κ3) is 3.50. The molecule has 2 aromatic rings. The molecule has 108 valence electrons. The van der Waals surface area contributed by atoms with E-state index in [1.54, 1.807) is 0 Å². The smallest absolute Gasteiger partial charge is 0.129 e. The summed E-state index contributed by atoms with van der Waals surface area (Å²) in [7, 11) is 0. The lowest BCUT2D eigenvalue weighted by atomic mass is 10.0. The predicted molar refractivity (Wildman–Crippen MR) is 88.5 cm³/mol. The van der Waals surface area contributed by atoms with Crippen LogP contribution >= 0.6 is 0 Å². The van der Waals surface area contributed by atoms with Crippen LogP contribution in [-0.2, 0) is 12.8 Å². The summed E-state index contributed by atoms with van der Waals surface area (Å²) in [4.78, 5) is 4.82. The van der Waals surface area contributed by atoms with Gasteiger partial charge in [0.1, 0.15) is 5.82 Å². The Bertz CT molecular complexity index is 561. The van der Waals surface area contributed by atoms with Gasteiger partial charge in [-0.1, -0.05) is 39.7 Å². The normalized spacial score (nSPS) is 10.9. The largest absolute Gasteiger partial charge is 0.370 e. The SMILES string of the molecule is CCCNc1nc2ccc(CCC)cc2cc1CCC. The van der Waals surface area contributed by atoms with Crippen molar-refractivity contribution in [2.75, 3.05) is 11.9 Å². The van der Waals surface area contributed by atoms with Crippen LogP contribution in [0.3, 0.4) is 0 Å². The maximum absolute atomic E-state index is 4.82. The average molecular weight is 270 g/mol. The Balaban J connectivity index is 2.41. The molecule has 0 amide bonds. The zero-order valence-corrected chi connectivity index (χ0v) is 13.0. The molecule has 0 saturated carbocycles. The minimum Gasteiger partial charge on any atom is -0.370 e. The maximum Gasteiger partial charge on any atom is 0.129 e. The summed E-state index contributed by atoms with van der Waals surface area (Å²) < 4.78 is 0. The number of hydrogen-bond donors (Lipinski definition) is 1. The maximum atomic E-state index is 4.82. The van der Waals surface area contributed by atoms with E-state index in [9.17, 15) is 0 Å². The standard InChI is InChI=1S/C18H26N2/c1-4-7-14-9-10-17-16(12-14)13-15(8-5-2)18(20-17)19-11-6-3/h9-10,12-13H,4-8,11H2,1-3H3,(H,19,20). The summed E-state index contributed by atoms with van der Waals surface area (Å²) >= 11 is 0. The monoisotopic (exact) mass is 270 g/mol. The number of nitrogens with zero attached hydrogens (tertiary/aromatic N) is 1. The van der Waals surface area contributed by atoms with E-state index in [2.05, 4.69) is 50.4 Å². The first kappa shape index (κ1) is 14.8. The van der Waals surface area contributed by atoms with Crippen LogP contribution in [0.25, 0.3) is 10.9 Å². The molecule has 0 aliphatic carbocycles. The summed E-state index contributed by atoms with van der Waals surface area (Å²) in [5.74, 6) is 1.07. The van der Waals surface area contributed by atoms with Crippen LogP contribution in [0, 0.1) is 0 Å². The molecule has 0 bridgehead atoms. The van der Waals surface area contributed by atoms with Crippen LogP contribution in [0.2, 0.25) is 0 Å². The van der Waals surface area contributed by atoms with Crippen molar-refractivity contribution >= 4 is 16.7 Å². The highest BCUT2D eigenvalue weighted by Crippen LogP contribution is 2.23. The van der Waals surface area contributed by atoms with Gasteiger partial charge < -0.3 is 5.32 Å². The molecule has 0 aliphatic heterocycles. The van der Waals surface area contributed by atoms with Gasteiger partial charge in [0, 0.05) is 11.9 Å². The van der Waals surface area contributed by atoms with E-state index < -0.39 is 0 Å². The summed E-state index contributed by atoms with van der Waals surface area (Å²) in [6.07, 6.45) is 5.71. The number of pyridine rings is 1. The van der Waals surface area contributed by atoms with E-state index in [4.69, 9.17) is 4.98 Å². The van der Waals surface area contributed by atoms with Gasteiger partial charge in [-0.3, -0.25) is 0 Å². The van der Waals surface area contributed by atoms with Gasteiger partial charge in [0.25, 0.3) is 0 Å². The molecule has 1 aromatic heterocycles. The van der Waals surface area contributed by atoms with E-state index >= 15 is 0 Å². The number of benzene rings is 1. The van der Waals surface area contributed by atoms with Crippen molar-refractivity contribution in [2.45, 2.75) is 52.9 Å². The second-order valence-corrected chi connectivity index (χ2v) is 5.45. The van der Waals surface area contributed by atoms with Crippen molar-refractivity contribution in [1.29, 1.82) is 0 Å². The first-order valence-electron chi connectivity index (χ1n) is 7.94. The van der Waals surface area contributed by atoms with Crippen LogP contribution in [-0.4, -0.2) is 11.5 Å². The molecule has 0 aliphatic rings. The molecular weight excluding hydrogens is 244 g/mol. The third-order valence-corrected chi connectivity index (χ3v) is 3.56. The van der Waals surface area contributed by atoms with E-state index in [-0.39, 0.29) is 0 Å². The Kier molecular flexibility index (Phi) is 5.40. The lowest BCUT2D eigenvalue weighted by Gasteiger charge is -2.12. The van der Waals surface area contributed by atoms with Crippen molar-refractivity contribution in [3.63, 3.8) is 0 Å². The average Bonchev–Trinajstić information content (AvgIpc) is 2.46. The second kappa shape index (κ2) is 7.28. The first-order chi connectivity index (χ1) is 9.78. The van der Waals surface area contributed by atoms with E-state index in [1.165, 1.54) is 22.9 Å². The van der Waals surface area contributed by atoms with Gasteiger partial charge in [0.15, 0.2) is 0 Å². The summed E-state index contributed by atoms with van der Waals surface area (Å²) in [5, 5.41) is 4.75. The molecule has 0 fully saturated rings. The number of aryl methyl sites for hydroxylation is 2. The Morgan fingerprint density at radius 1 is 0.950 bits per heavy atom. The van der Waals surface area contributed by atoms with Gasteiger partial charge >= 0.3 is 0 Å². The molecule has 20 heavy (non-hydrogen) atoms. The van der Waals surface area contributed by atoms with E-state index in [1.807, 2.05) is 0 Å². The van der Waals surface area contributed by atoms with Crippen molar-refractivity contribution in [3.8, 4) is 0 Å². The molecule has 0 radical (unpaired) electrons. The molecule has 1 heterocycles. The van der Waals surface area contributed by atoms with Crippen LogP contribution in [0.15, 0.2) is 24.3 Å². The predicted octanol–water partition coefficient (Wildman–Crippen LogP) is 4.96. The number of hydrogen-bond acceptors (Lipinski definition) is 2. The summed E-state index contributed by atoms with van der Waals surface area (Å²) in [6.45, 7) is 7.62. The Morgan fingerprint density at radius 3 is 2.45 bits per heavy atom. The molecule has 2 heteroatoms. The fourth-order valence-corrected chi connectivity index (χ4v) is 2.57. The van der Waals surface area contributed by atoms with Crippen molar-refractivity contribution in [2.24, 2.45) is 0 Å². The first-order valence-corrected chi connectivity index (χ1v) is 7.94. The molecule has 0 saturated heterocycles. The molecule has 0 atom stereocenters. The molecule has 2 rings (SSSR count). The van der Waals surface area contributed by atoms with Crippen LogP contribution in [0.4, 0.5) is 5.82 Å². The van der Waals surface area contributed by atoms with Crippen LogP contribution in [0.5, 0.6) is 0 Å². The van der Waals surface area contributed by atoms with Crippen LogP contribution < -0.4 is 5.32 Å². The number of anilines is 1. The summed E-state index contributed by atoms with van der Waals surface area (Å²) in [5.41, 5.74) is 3.86. The Morgan fingerprint density at radius 2 is 1.75 bits per heavy atom. The zero-order valence-electron chi connectivity index (χ0n) is 13.0. The highest BCUT2D eigenvalue weighted by molar-refractivity contribution is 5.82. The highest BCUT2D eigenvalue weighted by Gasteiger charge is 2.06. The molecular formula is C18H26N2. The molecule has 1 N–H and O–H groups in total. The zero-order chi connectivity index (χ0) is 14.4. The highest BCUT2D eigenvalue weighted by atomic mass is 15.0. The number of rotatable bonds is 7. The second-order valence-electron chi connectivity index (χ2n) is 5.45. The van der Waals surface area contributed by atoms with E-state index in [0.29, 0.717) is 0 Å². The lowest BCUT2D eigenvalue weighted by Crippen LogP contribution is -2.05. The van der Waals surface area contributed by atoms with Crippen molar-refractivity contribution in [3.05, 3.63) is 35.4 Å².